The Morgan fingerprint density at radius 2 is 1.86 bits per heavy atom. The van der Waals surface area contributed by atoms with Gasteiger partial charge in [-0.3, -0.25) is 14.6 Å². The molecule has 1 aliphatic heterocycles. The fraction of sp³-hybridized carbons (Fsp3) is 0.308. The molecular formula is C26H24F3N3O3. The van der Waals surface area contributed by atoms with Gasteiger partial charge in [-0.25, -0.2) is 4.98 Å². The van der Waals surface area contributed by atoms with E-state index in [0.717, 1.165) is 11.6 Å². The highest BCUT2D eigenvalue weighted by atomic mass is 19.4. The maximum atomic E-state index is 12.9. The standard InChI is InChI=1S/C26H24F3N3O3/c1-17-7-8-18(14-22(33)21-5-2-6-24(31-21)26(27,28)29)15-23(17)35-20-9-12-32(13-10-20)25(34)19-4-3-11-30-16-19/h2-8,11,15-16,20H,9-10,12-14H2,1H3. The highest BCUT2D eigenvalue weighted by Crippen LogP contribution is 2.28. The first-order valence-electron chi connectivity index (χ1n) is 11.2. The number of aromatic nitrogens is 2. The van der Waals surface area contributed by atoms with Crippen LogP contribution in [-0.4, -0.2) is 45.8 Å². The predicted octanol–water partition coefficient (Wildman–Crippen LogP) is 4.91. The topological polar surface area (TPSA) is 72.4 Å². The summed E-state index contributed by atoms with van der Waals surface area (Å²) >= 11 is 0. The number of ketones is 1. The molecule has 9 heteroatoms. The normalized spacial score (nSPS) is 14.6. The molecule has 0 saturated carbocycles. The van der Waals surface area contributed by atoms with Crippen LogP contribution < -0.4 is 4.74 Å². The van der Waals surface area contributed by atoms with Gasteiger partial charge in [-0.15, -0.1) is 0 Å². The Kier molecular flexibility index (Phi) is 7.14. The van der Waals surface area contributed by atoms with Gasteiger partial charge in [0.25, 0.3) is 5.91 Å². The Bertz CT molecular complexity index is 1210. The number of carbonyl (C=O) groups is 2. The lowest BCUT2D eigenvalue weighted by atomic mass is 10.0. The van der Waals surface area contributed by atoms with Crippen molar-refractivity contribution in [3.63, 3.8) is 0 Å². The van der Waals surface area contributed by atoms with Crippen molar-refractivity contribution in [1.29, 1.82) is 0 Å². The number of Topliss-reactive ketones (excluding diaryl/α,β-unsaturated/α-hetero) is 1. The smallest absolute Gasteiger partial charge is 0.433 e. The Hall–Kier alpha value is -3.75. The number of ether oxygens (including phenoxy) is 1. The summed E-state index contributed by atoms with van der Waals surface area (Å²) in [6, 6.07) is 12.1. The van der Waals surface area contributed by atoms with Crippen LogP contribution in [-0.2, 0) is 12.6 Å². The van der Waals surface area contributed by atoms with E-state index in [1.165, 1.54) is 12.1 Å². The molecule has 4 rings (SSSR count). The molecule has 0 aliphatic carbocycles. The second kappa shape index (κ2) is 10.2. The van der Waals surface area contributed by atoms with Gasteiger partial charge in [-0.2, -0.15) is 13.2 Å². The van der Waals surface area contributed by atoms with E-state index in [-0.39, 0.29) is 24.1 Å². The number of likely N-dealkylation sites (tertiary alicyclic amines) is 1. The molecule has 0 spiro atoms. The monoisotopic (exact) mass is 483 g/mol. The second-order valence-corrected chi connectivity index (χ2v) is 8.46. The molecule has 3 heterocycles. The van der Waals surface area contributed by atoms with Crippen molar-refractivity contribution in [3.05, 3.63) is 89.0 Å². The number of pyridine rings is 2. The minimum absolute atomic E-state index is 0.0588. The summed E-state index contributed by atoms with van der Waals surface area (Å²) in [5.41, 5.74) is 0.736. The number of aryl methyl sites for hydroxylation is 1. The van der Waals surface area contributed by atoms with Gasteiger partial charge in [-0.05, 0) is 48.4 Å². The maximum absolute atomic E-state index is 12.9. The highest BCUT2D eigenvalue weighted by molar-refractivity contribution is 5.96. The summed E-state index contributed by atoms with van der Waals surface area (Å²) in [5.74, 6) is 0.0499. The van der Waals surface area contributed by atoms with E-state index in [1.54, 1.807) is 41.6 Å². The van der Waals surface area contributed by atoms with Crippen molar-refractivity contribution in [1.82, 2.24) is 14.9 Å². The molecule has 1 saturated heterocycles. The molecular weight excluding hydrogens is 459 g/mol. The van der Waals surface area contributed by atoms with E-state index in [0.29, 0.717) is 42.8 Å². The van der Waals surface area contributed by atoms with Crippen molar-refractivity contribution >= 4 is 11.7 Å². The molecule has 1 aliphatic rings. The average molecular weight is 483 g/mol. The van der Waals surface area contributed by atoms with E-state index in [4.69, 9.17) is 4.74 Å². The molecule has 182 valence electrons. The lowest BCUT2D eigenvalue weighted by molar-refractivity contribution is -0.141. The molecule has 1 aromatic carbocycles. The Morgan fingerprint density at radius 1 is 1.09 bits per heavy atom. The minimum Gasteiger partial charge on any atom is -0.490 e. The molecule has 35 heavy (non-hydrogen) atoms. The summed E-state index contributed by atoms with van der Waals surface area (Å²) < 4.78 is 44.9. The molecule has 6 nitrogen and oxygen atoms in total. The fourth-order valence-corrected chi connectivity index (χ4v) is 3.93. The van der Waals surface area contributed by atoms with Crippen LogP contribution in [0.2, 0.25) is 0 Å². The zero-order valence-electron chi connectivity index (χ0n) is 19.1. The first-order valence-corrected chi connectivity index (χ1v) is 11.2. The van der Waals surface area contributed by atoms with E-state index in [2.05, 4.69) is 9.97 Å². The third-order valence-electron chi connectivity index (χ3n) is 5.87. The molecule has 0 unspecified atom stereocenters. The molecule has 0 N–H and O–H groups in total. The van der Waals surface area contributed by atoms with Gasteiger partial charge in [0.05, 0.1) is 5.56 Å². The summed E-state index contributed by atoms with van der Waals surface area (Å²) in [6.45, 7) is 2.99. The van der Waals surface area contributed by atoms with E-state index in [9.17, 15) is 22.8 Å². The third-order valence-corrected chi connectivity index (χ3v) is 5.87. The maximum Gasteiger partial charge on any atom is 0.433 e. The second-order valence-electron chi connectivity index (χ2n) is 8.46. The van der Waals surface area contributed by atoms with E-state index < -0.39 is 17.7 Å². The molecule has 1 fully saturated rings. The number of amides is 1. The van der Waals surface area contributed by atoms with Crippen LogP contribution in [0, 0.1) is 6.92 Å². The van der Waals surface area contributed by atoms with Crippen molar-refractivity contribution < 1.29 is 27.5 Å². The zero-order chi connectivity index (χ0) is 25.0. The Morgan fingerprint density at radius 3 is 2.54 bits per heavy atom. The van der Waals surface area contributed by atoms with Crippen LogP contribution >= 0.6 is 0 Å². The van der Waals surface area contributed by atoms with Gasteiger partial charge in [-0.1, -0.05) is 18.2 Å². The van der Waals surface area contributed by atoms with Crippen LogP contribution in [0.3, 0.4) is 0 Å². The number of rotatable bonds is 6. The third kappa shape index (κ3) is 6.03. The number of halogens is 3. The number of carbonyl (C=O) groups excluding carboxylic acids is 2. The predicted molar refractivity (Wildman–Crippen MR) is 122 cm³/mol. The first kappa shape index (κ1) is 24.4. The zero-order valence-corrected chi connectivity index (χ0v) is 19.1. The number of piperidine rings is 1. The van der Waals surface area contributed by atoms with Gasteiger partial charge in [0, 0.05) is 44.7 Å². The molecule has 0 bridgehead atoms. The van der Waals surface area contributed by atoms with Crippen molar-refractivity contribution in [2.45, 2.75) is 38.5 Å². The van der Waals surface area contributed by atoms with Gasteiger partial charge in [0.15, 0.2) is 5.78 Å². The van der Waals surface area contributed by atoms with Crippen LogP contribution in [0.25, 0.3) is 0 Å². The van der Waals surface area contributed by atoms with Crippen molar-refractivity contribution in [2.75, 3.05) is 13.1 Å². The van der Waals surface area contributed by atoms with Gasteiger partial charge in [0.2, 0.25) is 0 Å². The number of benzene rings is 1. The fourth-order valence-electron chi connectivity index (χ4n) is 3.93. The Balaban J connectivity index is 1.38. The van der Waals surface area contributed by atoms with Crippen molar-refractivity contribution in [3.8, 4) is 5.75 Å². The number of hydrogen-bond donors (Lipinski definition) is 0. The van der Waals surface area contributed by atoms with Crippen molar-refractivity contribution in [2.24, 2.45) is 0 Å². The molecule has 0 atom stereocenters. The van der Waals surface area contributed by atoms with Gasteiger partial charge >= 0.3 is 6.18 Å². The highest BCUT2D eigenvalue weighted by Gasteiger charge is 2.33. The minimum atomic E-state index is -4.61. The SMILES string of the molecule is Cc1ccc(CC(=O)c2cccc(C(F)(F)F)n2)cc1OC1CCN(C(=O)c2cccnc2)CC1. The van der Waals surface area contributed by atoms with E-state index in [1.807, 2.05) is 13.0 Å². The quantitative estimate of drug-likeness (QED) is 0.466. The summed E-state index contributed by atoms with van der Waals surface area (Å²) in [7, 11) is 0. The summed E-state index contributed by atoms with van der Waals surface area (Å²) in [5, 5.41) is 0. The molecule has 0 radical (unpaired) electrons. The Labute approximate surface area is 200 Å². The van der Waals surface area contributed by atoms with Crippen LogP contribution in [0.1, 0.15) is 50.5 Å². The first-order chi connectivity index (χ1) is 16.7. The summed E-state index contributed by atoms with van der Waals surface area (Å²) in [4.78, 5) is 34.4. The number of hydrogen-bond acceptors (Lipinski definition) is 5. The van der Waals surface area contributed by atoms with Gasteiger partial charge < -0.3 is 9.64 Å². The largest absolute Gasteiger partial charge is 0.490 e. The molecule has 2 aromatic heterocycles. The van der Waals surface area contributed by atoms with Gasteiger partial charge in [0.1, 0.15) is 23.2 Å². The van der Waals surface area contributed by atoms with Crippen LogP contribution in [0.15, 0.2) is 60.9 Å². The summed E-state index contributed by atoms with van der Waals surface area (Å²) in [6.07, 6.45) is -0.316. The average Bonchev–Trinajstić information content (AvgIpc) is 2.86. The van der Waals surface area contributed by atoms with E-state index >= 15 is 0 Å². The molecule has 3 aromatic rings. The molecule has 1 amide bonds. The van der Waals surface area contributed by atoms with Crippen LogP contribution in [0.5, 0.6) is 5.75 Å². The number of nitrogens with zero attached hydrogens (tertiary/aromatic N) is 3. The van der Waals surface area contributed by atoms with Crippen LogP contribution in [0.4, 0.5) is 13.2 Å². The lowest BCUT2D eigenvalue weighted by Crippen LogP contribution is -2.41. The lowest BCUT2D eigenvalue weighted by Gasteiger charge is -2.32. The number of alkyl halides is 3.